The van der Waals surface area contributed by atoms with Crippen LogP contribution in [0.5, 0.6) is 5.75 Å². The summed E-state index contributed by atoms with van der Waals surface area (Å²) < 4.78 is 33.3. The van der Waals surface area contributed by atoms with E-state index in [1.54, 1.807) is 38.2 Å². The standard InChI is InChI=1S/C16H20N2O3S/c1-5-21-14-10-15(13(4)9-12(14)3)22(19,20)18-16-11(2)7-6-8-17-16/h6-10H,5H2,1-4H3,(H,17,18). The van der Waals surface area contributed by atoms with Crippen molar-refractivity contribution >= 4 is 15.8 Å². The summed E-state index contributed by atoms with van der Waals surface area (Å²) in [6.07, 6.45) is 1.55. The molecule has 1 aromatic carbocycles. The van der Waals surface area contributed by atoms with E-state index in [1.165, 1.54) is 0 Å². The fourth-order valence-electron chi connectivity index (χ4n) is 2.19. The van der Waals surface area contributed by atoms with E-state index in [1.807, 2.05) is 19.9 Å². The molecule has 22 heavy (non-hydrogen) atoms. The van der Waals surface area contributed by atoms with Crippen LogP contribution in [0.25, 0.3) is 0 Å². The Balaban J connectivity index is 2.45. The first kappa shape index (κ1) is 16.3. The van der Waals surface area contributed by atoms with E-state index in [9.17, 15) is 8.42 Å². The van der Waals surface area contributed by atoms with E-state index in [-0.39, 0.29) is 4.90 Å². The molecule has 0 bridgehead atoms. The quantitative estimate of drug-likeness (QED) is 0.918. The van der Waals surface area contributed by atoms with E-state index in [4.69, 9.17) is 4.74 Å². The van der Waals surface area contributed by atoms with Gasteiger partial charge in [-0.2, -0.15) is 0 Å². The summed E-state index contributed by atoms with van der Waals surface area (Å²) in [5.74, 6) is 0.909. The van der Waals surface area contributed by atoms with Gasteiger partial charge >= 0.3 is 0 Å². The molecule has 0 saturated carbocycles. The van der Waals surface area contributed by atoms with Crippen molar-refractivity contribution in [3.05, 3.63) is 47.2 Å². The summed E-state index contributed by atoms with van der Waals surface area (Å²) in [7, 11) is -3.72. The zero-order valence-corrected chi connectivity index (χ0v) is 14.0. The van der Waals surface area contributed by atoms with E-state index in [0.717, 1.165) is 11.1 Å². The molecule has 0 aliphatic rings. The number of rotatable bonds is 5. The first-order valence-electron chi connectivity index (χ1n) is 7.03. The number of nitrogens with zero attached hydrogens (tertiary/aromatic N) is 1. The van der Waals surface area contributed by atoms with Crippen LogP contribution < -0.4 is 9.46 Å². The molecule has 0 aliphatic heterocycles. The van der Waals surface area contributed by atoms with Gasteiger partial charge in [-0.05, 0) is 50.5 Å². The first-order chi connectivity index (χ1) is 10.3. The highest BCUT2D eigenvalue weighted by Crippen LogP contribution is 2.27. The lowest BCUT2D eigenvalue weighted by Gasteiger charge is -2.14. The van der Waals surface area contributed by atoms with E-state index in [0.29, 0.717) is 23.7 Å². The van der Waals surface area contributed by atoms with Crippen molar-refractivity contribution in [3.8, 4) is 5.75 Å². The van der Waals surface area contributed by atoms with Crippen molar-refractivity contribution in [2.24, 2.45) is 0 Å². The summed E-state index contributed by atoms with van der Waals surface area (Å²) in [5, 5.41) is 0. The topological polar surface area (TPSA) is 68.3 Å². The number of anilines is 1. The Hall–Kier alpha value is -2.08. The van der Waals surface area contributed by atoms with Gasteiger partial charge in [-0.3, -0.25) is 4.72 Å². The highest BCUT2D eigenvalue weighted by molar-refractivity contribution is 7.92. The molecule has 0 unspecified atom stereocenters. The molecule has 0 radical (unpaired) electrons. The van der Waals surface area contributed by atoms with Crippen molar-refractivity contribution in [2.45, 2.75) is 32.6 Å². The van der Waals surface area contributed by atoms with Gasteiger partial charge in [0.1, 0.15) is 11.6 Å². The van der Waals surface area contributed by atoms with Gasteiger partial charge in [0.05, 0.1) is 11.5 Å². The molecule has 0 spiro atoms. The molecule has 0 aliphatic carbocycles. The van der Waals surface area contributed by atoms with Crippen molar-refractivity contribution in [2.75, 3.05) is 11.3 Å². The van der Waals surface area contributed by atoms with Crippen LogP contribution >= 0.6 is 0 Å². The van der Waals surface area contributed by atoms with Gasteiger partial charge in [0.2, 0.25) is 0 Å². The summed E-state index contributed by atoms with van der Waals surface area (Å²) in [6.45, 7) is 7.81. The SMILES string of the molecule is CCOc1cc(S(=O)(=O)Nc2ncccc2C)c(C)cc1C. The number of ether oxygens (including phenoxy) is 1. The van der Waals surface area contributed by atoms with Crippen LogP contribution in [0.4, 0.5) is 5.82 Å². The van der Waals surface area contributed by atoms with Crippen LogP contribution in [0.3, 0.4) is 0 Å². The summed E-state index contributed by atoms with van der Waals surface area (Å²) >= 11 is 0. The van der Waals surface area contributed by atoms with Gasteiger partial charge < -0.3 is 4.74 Å². The highest BCUT2D eigenvalue weighted by Gasteiger charge is 2.20. The Morgan fingerprint density at radius 1 is 1.14 bits per heavy atom. The third kappa shape index (κ3) is 3.39. The highest BCUT2D eigenvalue weighted by atomic mass is 32.2. The Morgan fingerprint density at radius 3 is 2.50 bits per heavy atom. The van der Waals surface area contributed by atoms with Crippen LogP contribution in [-0.4, -0.2) is 20.0 Å². The molecule has 2 rings (SSSR count). The lowest BCUT2D eigenvalue weighted by Crippen LogP contribution is -2.16. The molecule has 0 amide bonds. The van der Waals surface area contributed by atoms with Gasteiger partial charge in [-0.25, -0.2) is 13.4 Å². The Bertz CT molecular complexity index is 786. The number of hydrogen-bond acceptors (Lipinski definition) is 4. The number of nitrogens with one attached hydrogen (secondary N) is 1. The third-order valence-corrected chi connectivity index (χ3v) is 4.78. The molecule has 118 valence electrons. The second kappa shape index (κ2) is 6.36. The summed E-state index contributed by atoms with van der Waals surface area (Å²) in [4.78, 5) is 4.27. The lowest BCUT2D eigenvalue weighted by molar-refractivity contribution is 0.337. The average molecular weight is 320 g/mol. The fourth-order valence-corrected chi connectivity index (χ4v) is 3.51. The predicted octanol–water partition coefficient (Wildman–Crippen LogP) is 3.21. The predicted molar refractivity (Wildman–Crippen MR) is 86.9 cm³/mol. The average Bonchev–Trinajstić information content (AvgIpc) is 2.44. The van der Waals surface area contributed by atoms with Crippen molar-refractivity contribution in [1.82, 2.24) is 4.98 Å². The van der Waals surface area contributed by atoms with Crippen LogP contribution in [0.1, 0.15) is 23.6 Å². The van der Waals surface area contributed by atoms with Gasteiger partial charge in [-0.15, -0.1) is 0 Å². The minimum atomic E-state index is -3.72. The zero-order chi connectivity index (χ0) is 16.3. The molecule has 6 heteroatoms. The Morgan fingerprint density at radius 2 is 1.86 bits per heavy atom. The first-order valence-corrected chi connectivity index (χ1v) is 8.52. The Labute approximate surface area is 131 Å². The number of aryl methyl sites for hydroxylation is 3. The maximum absolute atomic E-state index is 12.6. The second-order valence-electron chi connectivity index (χ2n) is 5.09. The maximum atomic E-state index is 12.6. The molecule has 1 heterocycles. The molecule has 1 aromatic heterocycles. The molecule has 0 saturated heterocycles. The van der Waals surface area contributed by atoms with Gasteiger partial charge in [0, 0.05) is 12.3 Å². The number of aromatic nitrogens is 1. The molecule has 2 aromatic rings. The van der Waals surface area contributed by atoms with Gasteiger partial charge in [-0.1, -0.05) is 12.1 Å². The Kier molecular flexibility index (Phi) is 4.71. The van der Waals surface area contributed by atoms with E-state index in [2.05, 4.69) is 9.71 Å². The third-order valence-electron chi connectivity index (χ3n) is 3.30. The summed E-state index contributed by atoms with van der Waals surface area (Å²) in [5.41, 5.74) is 2.34. The maximum Gasteiger partial charge on any atom is 0.263 e. The van der Waals surface area contributed by atoms with Crippen LogP contribution in [-0.2, 0) is 10.0 Å². The molecule has 1 N–H and O–H groups in total. The van der Waals surface area contributed by atoms with Crippen molar-refractivity contribution in [1.29, 1.82) is 0 Å². The van der Waals surface area contributed by atoms with E-state index >= 15 is 0 Å². The summed E-state index contributed by atoms with van der Waals surface area (Å²) in [6, 6.07) is 6.94. The number of sulfonamides is 1. The number of benzene rings is 1. The zero-order valence-electron chi connectivity index (χ0n) is 13.2. The van der Waals surface area contributed by atoms with Crippen LogP contribution in [0.2, 0.25) is 0 Å². The molecular weight excluding hydrogens is 300 g/mol. The van der Waals surface area contributed by atoms with Crippen LogP contribution in [0.15, 0.2) is 35.4 Å². The molecular formula is C16H20N2O3S. The second-order valence-corrected chi connectivity index (χ2v) is 6.74. The van der Waals surface area contributed by atoms with Crippen molar-refractivity contribution < 1.29 is 13.2 Å². The van der Waals surface area contributed by atoms with Gasteiger partial charge in [0.15, 0.2) is 0 Å². The molecule has 5 nitrogen and oxygen atoms in total. The normalized spacial score (nSPS) is 11.3. The fraction of sp³-hybridized carbons (Fsp3) is 0.312. The van der Waals surface area contributed by atoms with Gasteiger partial charge in [0.25, 0.3) is 10.0 Å². The minimum absolute atomic E-state index is 0.201. The smallest absolute Gasteiger partial charge is 0.263 e. The molecule has 0 atom stereocenters. The monoisotopic (exact) mass is 320 g/mol. The molecule has 0 fully saturated rings. The van der Waals surface area contributed by atoms with E-state index < -0.39 is 10.0 Å². The van der Waals surface area contributed by atoms with Crippen LogP contribution in [0, 0.1) is 20.8 Å². The number of hydrogen-bond donors (Lipinski definition) is 1. The minimum Gasteiger partial charge on any atom is -0.494 e. The largest absolute Gasteiger partial charge is 0.494 e. The number of pyridine rings is 1. The van der Waals surface area contributed by atoms with Crippen molar-refractivity contribution in [3.63, 3.8) is 0 Å². The lowest BCUT2D eigenvalue weighted by atomic mass is 10.1.